The standard InChI is InChI=1S/C12H16FN3O2/c13-10-5-2-1-4-9(10)8-12(17)15-7-3-6-11(14)16-18/h1-2,4-5,18H,3,6-8H2,(H2,14,16)(H,15,17). The molecule has 0 saturated heterocycles. The number of halogens is 1. The van der Waals surface area contributed by atoms with Crippen LogP contribution in [0.1, 0.15) is 18.4 Å². The van der Waals surface area contributed by atoms with Crippen molar-refractivity contribution in [2.75, 3.05) is 6.54 Å². The highest BCUT2D eigenvalue weighted by Crippen LogP contribution is 2.06. The summed E-state index contributed by atoms with van der Waals surface area (Å²) < 4.78 is 13.2. The number of nitrogens with zero attached hydrogens (tertiary/aromatic N) is 1. The van der Waals surface area contributed by atoms with E-state index in [4.69, 9.17) is 10.9 Å². The highest BCUT2D eigenvalue weighted by Gasteiger charge is 2.06. The average Bonchev–Trinajstić information content (AvgIpc) is 2.37. The lowest BCUT2D eigenvalue weighted by atomic mass is 10.1. The molecule has 1 rings (SSSR count). The van der Waals surface area contributed by atoms with Crippen molar-refractivity contribution in [3.05, 3.63) is 35.6 Å². The van der Waals surface area contributed by atoms with Crippen molar-refractivity contribution < 1.29 is 14.4 Å². The van der Waals surface area contributed by atoms with Crippen LogP contribution in [0.2, 0.25) is 0 Å². The summed E-state index contributed by atoms with van der Waals surface area (Å²) in [5.74, 6) is -0.512. The van der Waals surface area contributed by atoms with Gasteiger partial charge in [-0.15, -0.1) is 0 Å². The molecule has 98 valence electrons. The Kier molecular flexibility index (Phi) is 5.63. The van der Waals surface area contributed by atoms with Gasteiger partial charge in [0.25, 0.3) is 0 Å². The first-order valence-electron chi connectivity index (χ1n) is 5.60. The number of amides is 1. The molecule has 0 spiro atoms. The molecule has 1 aromatic carbocycles. The van der Waals surface area contributed by atoms with Gasteiger partial charge < -0.3 is 16.3 Å². The van der Waals surface area contributed by atoms with E-state index < -0.39 is 0 Å². The van der Waals surface area contributed by atoms with Crippen molar-refractivity contribution in [2.24, 2.45) is 10.9 Å². The van der Waals surface area contributed by atoms with Crippen molar-refractivity contribution >= 4 is 11.7 Å². The number of hydrogen-bond acceptors (Lipinski definition) is 3. The van der Waals surface area contributed by atoms with Gasteiger partial charge in [-0.05, 0) is 18.1 Å². The molecule has 0 unspecified atom stereocenters. The number of rotatable bonds is 6. The molecule has 4 N–H and O–H groups in total. The molecule has 1 aromatic rings. The van der Waals surface area contributed by atoms with Crippen LogP contribution in [0.3, 0.4) is 0 Å². The number of oxime groups is 1. The Morgan fingerprint density at radius 3 is 2.83 bits per heavy atom. The van der Waals surface area contributed by atoms with Crippen LogP contribution >= 0.6 is 0 Å². The second kappa shape index (κ2) is 7.26. The highest BCUT2D eigenvalue weighted by molar-refractivity contribution is 5.80. The summed E-state index contributed by atoms with van der Waals surface area (Å²) in [6, 6.07) is 6.16. The Labute approximate surface area is 104 Å². The Bertz CT molecular complexity index is 435. The first kappa shape index (κ1) is 14.0. The van der Waals surface area contributed by atoms with Gasteiger partial charge in [0.2, 0.25) is 5.91 Å². The molecule has 0 aliphatic rings. The number of nitrogens with two attached hydrogens (primary N) is 1. The molecule has 5 nitrogen and oxygen atoms in total. The van der Waals surface area contributed by atoms with Crippen LogP contribution in [0.4, 0.5) is 4.39 Å². The first-order chi connectivity index (χ1) is 8.63. The van der Waals surface area contributed by atoms with Gasteiger partial charge in [-0.25, -0.2) is 4.39 Å². The van der Waals surface area contributed by atoms with E-state index in [0.717, 1.165) is 0 Å². The normalized spacial score (nSPS) is 11.3. The zero-order valence-electron chi connectivity index (χ0n) is 9.90. The summed E-state index contributed by atoms with van der Waals surface area (Å²) in [4.78, 5) is 11.5. The Morgan fingerprint density at radius 2 is 2.17 bits per heavy atom. The van der Waals surface area contributed by atoms with E-state index in [0.29, 0.717) is 24.9 Å². The van der Waals surface area contributed by atoms with Crippen LogP contribution in [0, 0.1) is 5.82 Å². The van der Waals surface area contributed by atoms with Crippen LogP contribution in [0.5, 0.6) is 0 Å². The Balaban J connectivity index is 2.28. The second-order valence-electron chi connectivity index (χ2n) is 3.81. The molecule has 0 atom stereocenters. The minimum atomic E-state index is -0.385. The number of carbonyl (C=O) groups excluding carboxylic acids is 1. The van der Waals surface area contributed by atoms with Gasteiger partial charge in [0.15, 0.2) is 0 Å². The lowest BCUT2D eigenvalue weighted by molar-refractivity contribution is -0.120. The van der Waals surface area contributed by atoms with E-state index in [1.165, 1.54) is 6.07 Å². The van der Waals surface area contributed by atoms with Gasteiger partial charge in [-0.2, -0.15) is 0 Å². The SMILES string of the molecule is NC(CCCNC(=O)Cc1ccccc1F)=NO. The summed E-state index contributed by atoms with van der Waals surface area (Å²) >= 11 is 0. The first-order valence-corrected chi connectivity index (χ1v) is 5.60. The summed E-state index contributed by atoms with van der Waals surface area (Å²) in [6.07, 6.45) is 0.978. The van der Waals surface area contributed by atoms with Crippen LogP contribution in [-0.2, 0) is 11.2 Å². The lowest BCUT2D eigenvalue weighted by Crippen LogP contribution is -2.27. The largest absolute Gasteiger partial charge is 0.409 e. The molecular weight excluding hydrogens is 237 g/mol. The minimum absolute atomic E-state index is 0.0102. The zero-order chi connectivity index (χ0) is 13.4. The average molecular weight is 253 g/mol. The fourth-order valence-corrected chi connectivity index (χ4v) is 1.42. The van der Waals surface area contributed by atoms with E-state index in [-0.39, 0.29) is 24.0 Å². The van der Waals surface area contributed by atoms with Gasteiger partial charge >= 0.3 is 0 Å². The van der Waals surface area contributed by atoms with Gasteiger partial charge in [0.05, 0.1) is 6.42 Å². The van der Waals surface area contributed by atoms with Gasteiger partial charge in [-0.1, -0.05) is 23.4 Å². The van der Waals surface area contributed by atoms with Crippen LogP contribution < -0.4 is 11.1 Å². The highest BCUT2D eigenvalue weighted by atomic mass is 19.1. The van der Waals surface area contributed by atoms with E-state index in [1.54, 1.807) is 18.2 Å². The monoisotopic (exact) mass is 253 g/mol. The minimum Gasteiger partial charge on any atom is -0.409 e. The van der Waals surface area contributed by atoms with Crippen LogP contribution in [0.25, 0.3) is 0 Å². The maximum absolute atomic E-state index is 13.2. The van der Waals surface area contributed by atoms with Crippen molar-refractivity contribution in [1.82, 2.24) is 5.32 Å². The van der Waals surface area contributed by atoms with Gasteiger partial charge in [0.1, 0.15) is 11.7 Å². The summed E-state index contributed by atoms with van der Waals surface area (Å²) in [5, 5.41) is 13.8. The molecule has 6 heteroatoms. The predicted molar refractivity (Wildman–Crippen MR) is 65.8 cm³/mol. The van der Waals surface area contributed by atoms with Crippen molar-refractivity contribution in [3.63, 3.8) is 0 Å². The number of carbonyl (C=O) groups is 1. The molecule has 0 aromatic heterocycles. The van der Waals surface area contributed by atoms with E-state index in [2.05, 4.69) is 10.5 Å². The maximum Gasteiger partial charge on any atom is 0.224 e. The number of amidine groups is 1. The zero-order valence-corrected chi connectivity index (χ0v) is 9.90. The second-order valence-corrected chi connectivity index (χ2v) is 3.81. The lowest BCUT2D eigenvalue weighted by Gasteiger charge is -2.05. The third-order valence-corrected chi connectivity index (χ3v) is 2.37. The van der Waals surface area contributed by atoms with Gasteiger partial charge in [0, 0.05) is 13.0 Å². The fourth-order valence-electron chi connectivity index (χ4n) is 1.42. The Morgan fingerprint density at radius 1 is 1.44 bits per heavy atom. The fraction of sp³-hybridized carbons (Fsp3) is 0.333. The topological polar surface area (TPSA) is 87.7 Å². The molecule has 0 saturated carbocycles. The molecule has 0 bridgehead atoms. The van der Waals surface area contributed by atoms with Crippen molar-refractivity contribution in [1.29, 1.82) is 0 Å². The summed E-state index contributed by atoms with van der Waals surface area (Å²) in [6.45, 7) is 0.406. The van der Waals surface area contributed by atoms with E-state index in [1.807, 2.05) is 0 Å². The molecule has 0 aliphatic heterocycles. The molecule has 0 fully saturated rings. The van der Waals surface area contributed by atoms with Crippen molar-refractivity contribution in [2.45, 2.75) is 19.3 Å². The smallest absolute Gasteiger partial charge is 0.224 e. The van der Waals surface area contributed by atoms with Gasteiger partial charge in [-0.3, -0.25) is 4.79 Å². The maximum atomic E-state index is 13.2. The van der Waals surface area contributed by atoms with Crippen LogP contribution in [0.15, 0.2) is 29.4 Å². The quantitative estimate of drug-likeness (QED) is 0.232. The molecule has 0 aliphatic carbocycles. The van der Waals surface area contributed by atoms with Crippen molar-refractivity contribution in [3.8, 4) is 0 Å². The number of hydrogen-bond donors (Lipinski definition) is 3. The molecule has 18 heavy (non-hydrogen) atoms. The number of nitrogens with one attached hydrogen (secondary N) is 1. The molecule has 1 amide bonds. The molecular formula is C12H16FN3O2. The third-order valence-electron chi connectivity index (χ3n) is 2.37. The number of benzene rings is 1. The summed E-state index contributed by atoms with van der Waals surface area (Å²) in [5.41, 5.74) is 5.64. The van der Waals surface area contributed by atoms with E-state index >= 15 is 0 Å². The van der Waals surface area contributed by atoms with Crippen LogP contribution in [-0.4, -0.2) is 23.5 Å². The van der Waals surface area contributed by atoms with E-state index in [9.17, 15) is 9.18 Å². The Hall–Kier alpha value is -2.11. The summed E-state index contributed by atoms with van der Waals surface area (Å²) in [7, 11) is 0. The molecule has 0 radical (unpaired) electrons. The molecule has 0 heterocycles. The third kappa shape index (κ3) is 4.82. The predicted octanol–water partition coefficient (Wildman–Crippen LogP) is 1.01.